The number of rotatable bonds is 0. The molecule has 0 radical (unpaired) electrons. The van der Waals surface area contributed by atoms with Crippen molar-refractivity contribution in [1.29, 1.82) is 0 Å². The molecule has 44 valence electrons. The van der Waals surface area contributed by atoms with Crippen LogP contribution in [0.3, 0.4) is 0 Å². The zero-order valence-electron chi connectivity index (χ0n) is 5.39. The standard InChI is InChI=1S/C9H8/c1-7-6-9(7)8-4-2-3-5-8/h2-6H,1H3. The Morgan fingerprint density at radius 1 is 1.11 bits per heavy atom. The summed E-state index contributed by atoms with van der Waals surface area (Å²) in [5.74, 6) is 0. The Hall–Kier alpha value is -1.04. The minimum Gasteiger partial charge on any atom is -0.0616 e. The summed E-state index contributed by atoms with van der Waals surface area (Å²) in [5.41, 5.74) is 4.23. The van der Waals surface area contributed by atoms with E-state index in [9.17, 15) is 0 Å². The van der Waals surface area contributed by atoms with Crippen LogP contribution < -0.4 is 0 Å². The van der Waals surface area contributed by atoms with Crippen LogP contribution in [0.2, 0.25) is 0 Å². The molecule has 0 heteroatoms. The third kappa shape index (κ3) is 0.672. The van der Waals surface area contributed by atoms with E-state index < -0.39 is 0 Å². The molecule has 0 aromatic heterocycles. The highest BCUT2D eigenvalue weighted by atomic mass is 14.2. The van der Waals surface area contributed by atoms with Crippen LogP contribution in [0, 0.1) is 0 Å². The maximum atomic E-state index is 2.20. The largest absolute Gasteiger partial charge is 0.0616 e. The van der Waals surface area contributed by atoms with E-state index in [1.54, 1.807) is 0 Å². The summed E-state index contributed by atoms with van der Waals surface area (Å²) < 4.78 is 0. The summed E-state index contributed by atoms with van der Waals surface area (Å²) >= 11 is 0. The molecule has 0 aromatic carbocycles. The zero-order chi connectivity index (χ0) is 6.27. The van der Waals surface area contributed by atoms with Gasteiger partial charge in [0.2, 0.25) is 0 Å². The van der Waals surface area contributed by atoms with Gasteiger partial charge >= 0.3 is 0 Å². The van der Waals surface area contributed by atoms with Gasteiger partial charge in [-0.15, -0.1) is 0 Å². The Morgan fingerprint density at radius 2 is 1.67 bits per heavy atom. The van der Waals surface area contributed by atoms with Crippen molar-refractivity contribution in [3.8, 4) is 0 Å². The van der Waals surface area contributed by atoms with Gasteiger partial charge < -0.3 is 0 Å². The monoisotopic (exact) mass is 116 g/mol. The highest BCUT2D eigenvalue weighted by molar-refractivity contribution is 5.65. The van der Waals surface area contributed by atoms with Gasteiger partial charge in [-0.05, 0) is 23.6 Å². The minimum absolute atomic E-state index is 1.37. The van der Waals surface area contributed by atoms with Crippen molar-refractivity contribution >= 4 is 0 Å². The van der Waals surface area contributed by atoms with Crippen molar-refractivity contribution in [3.05, 3.63) is 47.1 Å². The van der Waals surface area contributed by atoms with Gasteiger partial charge in [0.1, 0.15) is 0 Å². The van der Waals surface area contributed by atoms with Crippen LogP contribution in [0.25, 0.3) is 0 Å². The minimum atomic E-state index is 1.37. The van der Waals surface area contributed by atoms with Crippen molar-refractivity contribution in [1.82, 2.24) is 0 Å². The molecule has 0 aromatic rings. The molecule has 0 fully saturated rings. The molecule has 0 nitrogen and oxygen atoms in total. The average molecular weight is 116 g/mol. The highest BCUT2D eigenvalue weighted by Crippen LogP contribution is 2.32. The Morgan fingerprint density at radius 3 is 2.11 bits per heavy atom. The Kier molecular flexibility index (Phi) is 0.786. The number of hydrogen-bond acceptors (Lipinski definition) is 0. The van der Waals surface area contributed by atoms with Crippen LogP contribution in [0.1, 0.15) is 6.92 Å². The lowest BCUT2D eigenvalue weighted by atomic mass is 10.2. The molecular formula is C9H8. The van der Waals surface area contributed by atoms with E-state index in [-0.39, 0.29) is 0 Å². The van der Waals surface area contributed by atoms with E-state index in [2.05, 4.69) is 37.3 Å². The summed E-state index contributed by atoms with van der Waals surface area (Å²) in [5, 5.41) is 0. The van der Waals surface area contributed by atoms with Crippen LogP contribution in [-0.4, -0.2) is 0 Å². The van der Waals surface area contributed by atoms with Crippen LogP contribution in [0.15, 0.2) is 47.1 Å². The van der Waals surface area contributed by atoms with Crippen molar-refractivity contribution < 1.29 is 0 Å². The van der Waals surface area contributed by atoms with Gasteiger partial charge in [-0.2, -0.15) is 0 Å². The molecule has 0 aliphatic heterocycles. The first-order chi connectivity index (χ1) is 4.38. The fourth-order valence-electron chi connectivity index (χ4n) is 1.04. The molecule has 0 amide bonds. The quantitative estimate of drug-likeness (QED) is 0.455. The molecule has 0 N–H and O–H groups in total. The van der Waals surface area contributed by atoms with Gasteiger partial charge in [-0.25, -0.2) is 0 Å². The number of hydrogen-bond donors (Lipinski definition) is 0. The predicted molar refractivity (Wildman–Crippen MR) is 39.1 cm³/mol. The first kappa shape index (κ1) is 4.80. The normalized spacial score (nSPS) is 21.2. The predicted octanol–water partition coefficient (Wildman–Crippen LogP) is 2.37. The van der Waals surface area contributed by atoms with Gasteiger partial charge in [-0.1, -0.05) is 30.4 Å². The molecule has 0 heterocycles. The van der Waals surface area contributed by atoms with E-state index in [1.807, 2.05) is 0 Å². The van der Waals surface area contributed by atoms with Gasteiger partial charge in [0, 0.05) is 0 Å². The van der Waals surface area contributed by atoms with E-state index in [0.29, 0.717) is 0 Å². The van der Waals surface area contributed by atoms with Crippen LogP contribution in [0.4, 0.5) is 0 Å². The van der Waals surface area contributed by atoms with E-state index in [1.165, 1.54) is 16.7 Å². The lowest BCUT2D eigenvalue weighted by Gasteiger charge is -1.83. The molecule has 0 atom stereocenters. The lowest BCUT2D eigenvalue weighted by Crippen LogP contribution is -1.65. The fraction of sp³-hybridized carbons (Fsp3) is 0.111. The SMILES string of the molecule is CC1=CC1=C1C=CC=C1. The highest BCUT2D eigenvalue weighted by Gasteiger charge is 2.13. The maximum Gasteiger partial charge on any atom is -0.0152 e. The average Bonchev–Trinajstić information content (AvgIpc) is 2.44. The fourth-order valence-corrected chi connectivity index (χ4v) is 1.04. The molecule has 0 spiro atoms. The molecule has 0 saturated carbocycles. The van der Waals surface area contributed by atoms with Gasteiger partial charge in [0.25, 0.3) is 0 Å². The summed E-state index contributed by atoms with van der Waals surface area (Å²) in [6.45, 7) is 2.14. The Balaban J connectivity index is 2.35. The summed E-state index contributed by atoms with van der Waals surface area (Å²) in [6, 6.07) is 0. The molecule has 0 unspecified atom stereocenters. The van der Waals surface area contributed by atoms with Gasteiger partial charge in [0.05, 0.1) is 0 Å². The van der Waals surface area contributed by atoms with Crippen molar-refractivity contribution in [2.45, 2.75) is 6.92 Å². The van der Waals surface area contributed by atoms with Crippen LogP contribution in [-0.2, 0) is 0 Å². The molecule has 2 rings (SSSR count). The molecule has 2 aliphatic rings. The first-order valence-electron chi connectivity index (χ1n) is 3.15. The second-order valence-electron chi connectivity index (χ2n) is 2.41. The topological polar surface area (TPSA) is 0 Å². The second kappa shape index (κ2) is 1.47. The Bertz CT molecular complexity index is 246. The van der Waals surface area contributed by atoms with Crippen molar-refractivity contribution in [3.63, 3.8) is 0 Å². The first-order valence-corrected chi connectivity index (χ1v) is 3.15. The zero-order valence-corrected chi connectivity index (χ0v) is 5.39. The van der Waals surface area contributed by atoms with Crippen LogP contribution >= 0.6 is 0 Å². The van der Waals surface area contributed by atoms with E-state index in [0.717, 1.165) is 0 Å². The van der Waals surface area contributed by atoms with E-state index >= 15 is 0 Å². The smallest absolute Gasteiger partial charge is 0.0152 e. The second-order valence-corrected chi connectivity index (χ2v) is 2.41. The third-order valence-corrected chi connectivity index (χ3v) is 1.68. The lowest BCUT2D eigenvalue weighted by molar-refractivity contribution is 1.60. The summed E-state index contributed by atoms with van der Waals surface area (Å²) in [7, 11) is 0. The van der Waals surface area contributed by atoms with Crippen LogP contribution in [0.5, 0.6) is 0 Å². The third-order valence-electron chi connectivity index (χ3n) is 1.68. The Labute approximate surface area is 54.9 Å². The molecule has 2 aliphatic carbocycles. The van der Waals surface area contributed by atoms with Gasteiger partial charge in [-0.3, -0.25) is 0 Å². The summed E-state index contributed by atoms with van der Waals surface area (Å²) in [6.07, 6.45) is 10.6. The van der Waals surface area contributed by atoms with E-state index in [4.69, 9.17) is 0 Å². The van der Waals surface area contributed by atoms with Gasteiger partial charge in [0.15, 0.2) is 0 Å². The molecule has 0 bridgehead atoms. The number of allylic oxidation sites excluding steroid dienone is 8. The maximum absolute atomic E-state index is 2.20. The van der Waals surface area contributed by atoms with Crippen molar-refractivity contribution in [2.75, 3.05) is 0 Å². The summed E-state index contributed by atoms with van der Waals surface area (Å²) in [4.78, 5) is 0. The molecule has 9 heavy (non-hydrogen) atoms. The molecule has 0 saturated heterocycles. The molecular weight excluding hydrogens is 108 g/mol. The van der Waals surface area contributed by atoms with Crippen molar-refractivity contribution in [2.24, 2.45) is 0 Å².